The molecule has 3 atom stereocenters. The van der Waals surface area contributed by atoms with Crippen LogP contribution < -0.4 is 0 Å². The largest absolute Gasteiger partial charge is 0.340 e. The number of likely N-dealkylation sites (N-methyl/N-ethyl adjacent to an activating group) is 1. The van der Waals surface area contributed by atoms with Gasteiger partial charge < -0.3 is 4.90 Å². The third kappa shape index (κ3) is 2.01. The quantitative estimate of drug-likeness (QED) is 0.779. The van der Waals surface area contributed by atoms with Crippen molar-refractivity contribution < 1.29 is 9.42 Å². The van der Waals surface area contributed by atoms with Gasteiger partial charge in [-0.05, 0) is 27.7 Å². The number of carbonyl (C=O) groups is 1. The van der Waals surface area contributed by atoms with Crippen LogP contribution in [0.15, 0.2) is 4.63 Å². The number of aryl methyl sites for hydroxylation is 1. The van der Waals surface area contributed by atoms with Crippen molar-refractivity contribution in [2.24, 2.45) is 0 Å². The molecule has 1 amide bonds. The standard InChI is InChI=1S/C12H20N4O2/c1-7-11(14-18-13-7)6-16-9(3)8(2)15(5)12(17)10(16)4/h8-10H,6H2,1-5H3. The Morgan fingerprint density at radius 3 is 2.44 bits per heavy atom. The second kappa shape index (κ2) is 4.68. The second-order valence-electron chi connectivity index (χ2n) is 5.07. The molecule has 1 fully saturated rings. The fourth-order valence-corrected chi connectivity index (χ4v) is 2.44. The van der Waals surface area contributed by atoms with E-state index >= 15 is 0 Å². The third-order valence-electron chi connectivity index (χ3n) is 4.11. The molecule has 0 spiro atoms. The third-order valence-corrected chi connectivity index (χ3v) is 4.11. The Kier molecular flexibility index (Phi) is 3.38. The van der Waals surface area contributed by atoms with Gasteiger partial charge in [0, 0.05) is 25.7 Å². The molecule has 2 rings (SSSR count). The minimum absolute atomic E-state index is 0.141. The molecular formula is C12H20N4O2. The van der Waals surface area contributed by atoms with Gasteiger partial charge in [-0.3, -0.25) is 9.69 Å². The average molecular weight is 252 g/mol. The molecule has 100 valence electrons. The molecule has 18 heavy (non-hydrogen) atoms. The monoisotopic (exact) mass is 252 g/mol. The number of aromatic nitrogens is 2. The summed E-state index contributed by atoms with van der Waals surface area (Å²) in [4.78, 5) is 16.1. The van der Waals surface area contributed by atoms with Gasteiger partial charge in [-0.15, -0.1) is 0 Å². The van der Waals surface area contributed by atoms with Crippen LogP contribution in [0.1, 0.15) is 32.2 Å². The fraction of sp³-hybridized carbons (Fsp3) is 0.750. The van der Waals surface area contributed by atoms with E-state index < -0.39 is 0 Å². The van der Waals surface area contributed by atoms with Gasteiger partial charge in [-0.2, -0.15) is 0 Å². The minimum Gasteiger partial charge on any atom is -0.340 e. The van der Waals surface area contributed by atoms with Gasteiger partial charge in [0.2, 0.25) is 5.91 Å². The number of hydrogen-bond donors (Lipinski definition) is 0. The lowest BCUT2D eigenvalue weighted by Crippen LogP contribution is -2.62. The van der Waals surface area contributed by atoms with Crippen molar-refractivity contribution in [2.45, 2.75) is 52.4 Å². The molecule has 0 aliphatic carbocycles. The first-order valence-corrected chi connectivity index (χ1v) is 6.24. The summed E-state index contributed by atoms with van der Waals surface area (Å²) in [5, 5.41) is 7.67. The zero-order valence-corrected chi connectivity index (χ0v) is 11.5. The lowest BCUT2D eigenvalue weighted by Gasteiger charge is -2.46. The second-order valence-corrected chi connectivity index (χ2v) is 5.07. The molecule has 3 unspecified atom stereocenters. The number of nitrogens with zero attached hydrogens (tertiary/aromatic N) is 4. The molecule has 1 aromatic rings. The van der Waals surface area contributed by atoms with Gasteiger partial charge >= 0.3 is 0 Å². The highest BCUT2D eigenvalue weighted by Gasteiger charge is 2.39. The molecule has 1 aromatic heterocycles. The Balaban J connectivity index is 2.21. The predicted molar refractivity (Wildman–Crippen MR) is 65.7 cm³/mol. The van der Waals surface area contributed by atoms with Gasteiger partial charge in [0.1, 0.15) is 11.4 Å². The average Bonchev–Trinajstić information content (AvgIpc) is 2.75. The Hall–Kier alpha value is -1.43. The molecule has 1 aliphatic rings. The van der Waals surface area contributed by atoms with E-state index in [1.807, 2.05) is 25.8 Å². The van der Waals surface area contributed by atoms with Gasteiger partial charge in [0.15, 0.2) is 0 Å². The summed E-state index contributed by atoms with van der Waals surface area (Å²) in [6, 6.07) is 0.324. The number of hydrogen-bond acceptors (Lipinski definition) is 5. The Morgan fingerprint density at radius 2 is 1.89 bits per heavy atom. The SMILES string of the molecule is Cc1nonc1CN1C(C)C(=O)N(C)C(C)C1C. The van der Waals surface area contributed by atoms with E-state index in [1.54, 1.807) is 0 Å². The molecule has 6 heteroatoms. The summed E-state index contributed by atoms with van der Waals surface area (Å²) in [5.74, 6) is 0.148. The van der Waals surface area contributed by atoms with Crippen LogP contribution in [0.4, 0.5) is 0 Å². The smallest absolute Gasteiger partial charge is 0.239 e. The maximum atomic E-state index is 12.1. The van der Waals surface area contributed by atoms with E-state index in [0.717, 1.165) is 11.4 Å². The van der Waals surface area contributed by atoms with E-state index in [2.05, 4.69) is 29.1 Å². The Morgan fingerprint density at radius 1 is 1.22 bits per heavy atom. The van der Waals surface area contributed by atoms with Crippen LogP contribution in [-0.4, -0.2) is 51.2 Å². The van der Waals surface area contributed by atoms with Crippen molar-refractivity contribution in [3.63, 3.8) is 0 Å². The summed E-state index contributed by atoms with van der Waals surface area (Å²) in [6.07, 6.45) is 0. The van der Waals surface area contributed by atoms with Crippen molar-refractivity contribution in [3.05, 3.63) is 11.4 Å². The molecule has 6 nitrogen and oxygen atoms in total. The van der Waals surface area contributed by atoms with Gasteiger partial charge in [0.05, 0.1) is 6.04 Å². The van der Waals surface area contributed by atoms with Crippen molar-refractivity contribution in [1.82, 2.24) is 20.1 Å². The minimum atomic E-state index is -0.141. The molecule has 1 saturated heterocycles. The highest BCUT2D eigenvalue weighted by molar-refractivity contribution is 5.82. The van der Waals surface area contributed by atoms with E-state index in [4.69, 9.17) is 4.63 Å². The topological polar surface area (TPSA) is 62.5 Å². The van der Waals surface area contributed by atoms with Crippen LogP contribution >= 0.6 is 0 Å². The number of carbonyl (C=O) groups excluding carboxylic acids is 1. The van der Waals surface area contributed by atoms with Crippen molar-refractivity contribution >= 4 is 5.91 Å². The summed E-state index contributed by atoms with van der Waals surface area (Å²) >= 11 is 0. The molecule has 0 radical (unpaired) electrons. The van der Waals surface area contributed by atoms with E-state index in [-0.39, 0.29) is 24.0 Å². The number of amides is 1. The van der Waals surface area contributed by atoms with E-state index in [0.29, 0.717) is 6.54 Å². The lowest BCUT2D eigenvalue weighted by atomic mass is 10.00. The molecule has 0 saturated carbocycles. The first kappa shape index (κ1) is 13.0. The lowest BCUT2D eigenvalue weighted by molar-refractivity contribution is -0.146. The molecule has 2 heterocycles. The van der Waals surface area contributed by atoms with Crippen LogP contribution in [0.3, 0.4) is 0 Å². The zero-order valence-electron chi connectivity index (χ0n) is 11.5. The van der Waals surface area contributed by atoms with Crippen molar-refractivity contribution in [3.8, 4) is 0 Å². The van der Waals surface area contributed by atoms with Crippen LogP contribution in [0.2, 0.25) is 0 Å². The molecule has 1 aliphatic heterocycles. The maximum absolute atomic E-state index is 12.1. The highest BCUT2D eigenvalue weighted by Crippen LogP contribution is 2.23. The van der Waals surface area contributed by atoms with Gasteiger partial charge in [-0.1, -0.05) is 10.3 Å². The summed E-state index contributed by atoms with van der Waals surface area (Å²) in [6.45, 7) is 8.59. The van der Waals surface area contributed by atoms with E-state index in [1.165, 1.54) is 0 Å². The zero-order chi connectivity index (χ0) is 13.4. The molecule has 0 N–H and O–H groups in total. The normalized spacial score (nSPS) is 29.9. The summed E-state index contributed by atoms with van der Waals surface area (Å²) < 4.78 is 4.71. The van der Waals surface area contributed by atoms with Crippen molar-refractivity contribution in [1.29, 1.82) is 0 Å². The van der Waals surface area contributed by atoms with Crippen LogP contribution in [0.5, 0.6) is 0 Å². The molecule has 0 aromatic carbocycles. The fourth-order valence-electron chi connectivity index (χ4n) is 2.44. The molecule has 0 bridgehead atoms. The van der Waals surface area contributed by atoms with E-state index in [9.17, 15) is 4.79 Å². The first-order chi connectivity index (χ1) is 8.43. The Labute approximate surface area is 107 Å². The predicted octanol–water partition coefficient (Wildman–Crippen LogP) is 0.818. The molecular weight excluding hydrogens is 232 g/mol. The van der Waals surface area contributed by atoms with Gasteiger partial charge in [-0.25, -0.2) is 4.63 Å². The number of piperazine rings is 1. The number of rotatable bonds is 2. The summed E-state index contributed by atoms with van der Waals surface area (Å²) in [7, 11) is 1.86. The maximum Gasteiger partial charge on any atom is 0.239 e. The van der Waals surface area contributed by atoms with Crippen molar-refractivity contribution in [2.75, 3.05) is 7.05 Å². The van der Waals surface area contributed by atoms with Gasteiger partial charge in [0.25, 0.3) is 0 Å². The first-order valence-electron chi connectivity index (χ1n) is 6.24. The summed E-state index contributed by atoms with van der Waals surface area (Å²) in [5.41, 5.74) is 1.59. The van der Waals surface area contributed by atoms with Crippen LogP contribution in [-0.2, 0) is 11.3 Å². The highest BCUT2D eigenvalue weighted by atomic mass is 16.6. The van der Waals surface area contributed by atoms with Crippen LogP contribution in [0.25, 0.3) is 0 Å². The Bertz CT molecular complexity index is 445. The van der Waals surface area contributed by atoms with Crippen LogP contribution in [0, 0.1) is 6.92 Å².